The summed E-state index contributed by atoms with van der Waals surface area (Å²) in [6.07, 6.45) is 7.86. The molecule has 0 amide bonds. The number of aliphatic hydroxyl groups excluding tert-OH is 1. The third kappa shape index (κ3) is 1.47. The zero-order chi connectivity index (χ0) is 12.5. The summed E-state index contributed by atoms with van der Waals surface area (Å²) >= 11 is 0. The summed E-state index contributed by atoms with van der Waals surface area (Å²) in [7, 11) is 0. The van der Waals surface area contributed by atoms with Crippen molar-refractivity contribution >= 4 is 0 Å². The van der Waals surface area contributed by atoms with Crippen molar-refractivity contribution in [1.82, 2.24) is 0 Å². The van der Waals surface area contributed by atoms with Gasteiger partial charge in [-0.1, -0.05) is 34.1 Å². The molecule has 3 aliphatic carbocycles. The Balaban J connectivity index is 1.98. The zero-order valence-corrected chi connectivity index (χ0v) is 11.9. The molecule has 0 radical (unpaired) electrons. The molecule has 1 N–H and O–H groups in total. The van der Waals surface area contributed by atoms with Gasteiger partial charge in [0.15, 0.2) is 0 Å². The molecule has 0 saturated heterocycles. The summed E-state index contributed by atoms with van der Waals surface area (Å²) in [5.41, 5.74) is 1.55. The fraction of sp³-hybridized carbons (Fsp3) is 1.00. The lowest BCUT2D eigenvalue weighted by molar-refractivity contribution is -0.0412. The van der Waals surface area contributed by atoms with E-state index in [-0.39, 0.29) is 6.10 Å². The van der Waals surface area contributed by atoms with Crippen LogP contribution in [0, 0.1) is 28.1 Å². The van der Waals surface area contributed by atoms with Gasteiger partial charge in [-0.2, -0.15) is 0 Å². The number of hydrogen-bond acceptors (Lipinski definition) is 1. The van der Waals surface area contributed by atoms with Crippen molar-refractivity contribution in [3.63, 3.8) is 0 Å². The Morgan fingerprint density at radius 3 is 2.53 bits per heavy atom. The molecule has 3 saturated carbocycles. The number of hydrogen-bond donors (Lipinski definition) is 1. The van der Waals surface area contributed by atoms with E-state index in [0.717, 1.165) is 12.3 Å². The molecule has 1 nitrogen and oxygen atoms in total. The van der Waals surface area contributed by atoms with Crippen LogP contribution in [-0.2, 0) is 0 Å². The predicted molar refractivity (Wildman–Crippen MR) is 70.7 cm³/mol. The summed E-state index contributed by atoms with van der Waals surface area (Å²) in [5, 5.41) is 10.3. The Bertz CT molecular complexity index is 334. The van der Waals surface area contributed by atoms with Gasteiger partial charge in [0.1, 0.15) is 0 Å². The summed E-state index contributed by atoms with van der Waals surface area (Å²) < 4.78 is 0. The Labute approximate surface area is 106 Å². The molecule has 17 heavy (non-hydrogen) atoms. The summed E-state index contributed by atoms with van der Waals surface area (Å²) in [5.74, 6) is 1.36. The van der Waals surface area contributed by atoms with Crippen molar-refractivity contribution in [2.45, 2.75) is 72.3 Å². The standard InChI is InChI=1S/C16H28O/c1-11-8-13-14(2,3)6-5-7-15(4)10-16(13,15)9-12(11)17/h11-13,17H,5-10H2,1-4H3/t11-,12-,13-,15+,16+/m1/s1. The van der Waals surface area contributed by atoms with Crippen LogP contribution in [0.4, 0.5) is 0 Å². The second-order valence-corrected chi connectivity index (χ2v) is 8.27. The Morgan fingerprint density at radius 2 is 1.82 bits per heavy atom. The van der Waals surface area contributed by atoms with E-state index in [2.05, 4.69) is 27.7 Å². The smallest absolute Gasteiger partial charge is 0.0571 e. The highest BCUT2D eigenvalue weighted by atomic mass is 16.3. The molecule has 0 bridgehead atoms. The minimum absolute atomic E-state index is 0.0398. The van der Waals surface area contributed by atoms with Gasteiger partial charge in [0.2, 0.25) is 0 Å². The van der Waals surface area contributed by atoms with Gasteiger partial charge in [-0.25, -0.2) is 0 Å². The second-order valence-electron chi connectivity index (χ2n) is 8.27. The van der Waals surface area contributed by atoms with E-state index < -0.39 is 0 Å². The molecule has 98 valence electrons. The molecular formula is C16H28O. The molecular weight excluding hydrogens is 208 g/mol. The average Bonchev–Trinajstić information content (AvgIpc) is 2.77. The van der Waals surface area contributed by atoms with Crippen LogP contribution in [0.5, 0.6) is 0 Å². The lowest BCUT2D eigenvalue weighted by atomic mass is 9.58. The SMILES string of the molecule is C[C@@H]1C[C@@H]2C(C)(C)CCC[C@@]3(C)C[C@@]23C[C@H]1O. The number of rotatable bonds is 0. The Morgan fingerprint density at radius 1 is 1.12 bits per heavy atom. The molecule has 0 aliphatic heterocycles. The fourth-order valence-corrected chi connectivity index (χ4v) is 5.50. The van der Waals surface area contributed by atoms with Crippen LogP contribution < -0.4 is 0 Å². The van der Waals surface area contributed by atoms with Gasteiger partial charge in [-0.05, 0) is 60.2 Å². The normalized spacial score (nSPS) is 56.6. The fourth-order valence-electron chi connectivity index (χ4n) is 5.50. The highest BCUT2D eigenvalue weighted by Gasteiger charge is 2.71. The molecule has 0 unspecified atom stereocenters. The van der Waals surface area contributed by atoms with Crippen LogP contribution in [0.1, 0.15) is 66.2 Å². The van der Waals surface area contributed by atoms with Gasteiger partial charge in [-0.15, -0.1) is 0 Å². The zero-order valence-electron chi connectivity index (χ0n) is 11.9. The van der Waals surface area contributed by atoms with Crippen LogP contribution in [0.3, 0.4) is 0 Å². The summed E-state index contributed by atoms with van der Waals surface area (Å²) in [6, 6.07) is 0. The first kappa shape index (κ1) is 12.0. The molecule has 3 aliphatic rings. The van der Waals surface area contributed by atoms with Crippen LogP contribution in [-0.4, -0.2) is 11.2 Å². The van der Waals surface area contributed by atoms with E-state index >= 15 is 0 Å². The minimum atomic E-state index is -0.0398. The van der Waals surface area contributed by atoms with Gasteiger partial charge < -0.3 is 5.11 Å². The maximum absolute atomic E-state index is 10.3. The van der Waals surface area contributed by atoms with Crippen molar-refractivity contribution in [2.24, 2.45) is 28.1 Å². The topological polar surface area (TPSA) is 20.2 Å². The predicted octanol–water partition coefficient (Wildman–Crippen LogP) is 4.00. The summed E-state index contributed by atoms with van der Waals surface area (Å²) in [4.78, 5) is 0. The van der Waals surface area contributed by atoms with Crippen LogP contribution in [0.15, 0.2) is 0 Å². The summed E-state index contributed by atoms with van der Waals surface area (Å²) in [6.45, 7) is 9.70. The lowest BCUT2D eigenvalue weighted by Gasteiger charge is -2.47. The van der Waals surface area contributed by atoms with Crippen molar-refractivity contribution in [3.05, 3.63) is 0 Å². The first-order valence-corrected chi connectivity index (χ1v) is 7.49. The third-order valence-electron chi connectivity index (χ3n) is 6.78. The minimum Gasteiger partial charge on any atom is -0.393 e. The maximum Gasteiger partial charge on any atom is 0.0571 e. The van der Waals surface area contributed by atoms with E-state index in [1.165, 1.54) is 32.1 Å². The van der Waals surface area contributed by atoms with Crippen LogP contribution in [0.2, 0.25) is 0 Å². The van der Waals surface area contributed by atoms with Gasteiger partial charge in [-0.3, -0.25) is 0 Å². The van der Waals surface area contributed by atoms with E-state index in [9.17, 15) is 5.11 Å². The molecule has 5 atom stereocenters. The van der Waals surface area contributed by atoms with Crippen molar-refractivity contribution in [1.29, 1.82) is 0 Å². The molecule has 0 aromatic carbocycles. The second kappa shape index (κ2) is 3.29. The van der Waals surface area contributed by atoms with Gasteiger partial charge in [0.05, 0.1) is 6.10 Å². The van der Waals surface area contributed by atoms with Crippen molar-refractivity contribution < 1.29 is 5.11 Å². The number of aliphatic hydroxyl groups is 1. The van der Waals surface area contributed by atoms with E-state index in [0.29, 0.717) is 22.2 Å². The molecule has 0 aromatic rings. The average molecular weight is 236 g/mol. The third-order valence-corrected chi connectivity index (χ3v) is 6.78. The first-order chi connectivity index (χ1) is 7.81. The molecule has 1 heteroatoms. The highest BCUT2D eigenvalue weighted by molar-refractivity contribution is 5.20. The first-order valence-electron chi connectivity index (χ1n) is 7.49. The molecule has 3 rings (SSSR count). The monoisotopic (exact) mass is 236 g/mol. The Kier molecular flexibility index (Phi) is 2.32. The van der Waals surface area contributed by atoms with E-state index in [1.54, 1.807) is 0 Å². The van der Waals surface area contributed by atoms with Gasteiger partial charge in [0.25, 0.3) is 0 Å². The van der Waals surface area contributed by atoms with Crippen molar-refractivity contribution in [3.8, 4) is 0 Å². The van der Waals surface area contributed by atoms with E-state index in [1.807, 2.05) is 0 Å². The molecule has 3 fully saturated rings. The molecule has 0 heterocycles. The largest absolute Gasteiger partial charge is 0.393 e. The van der Waals surface area contributed by atoms with Crippen LogP contribution in [0.25, 0.3) is 0 Å². The van der Waals surface area contributed by atoms with Gasteiger partial charge in [0, 0.05) is 0 Å². The van der Waals surface area contributed by atoms with Crippen LogP contribution >= 0.6 is 0 Å². The quantitative estimate of drug-likeness (QED) is 0.674. The van der Waals surface area contributed by atoms with Gasteiger partial charge >= 0.3 is 0 Å². The highest BCUT2D eigenvalue weighted by Crippen LogP contribution is 2.78. The Hall–Kier alpha value is -0.0400. The lowest BCUT2D eigenvalue weighted by Crippen LogP contribution is -2.43. The van der Waals surface area contributed by atoms with Crippen molar-refractivity contribution in [2.75, 3.05) is 0 Å². The molecule has 0 aromatic heterocycles. The van der Waals surface area contributed by atoms with E-state index in [4.69, 9.17) is 0 Å². The molecule has 1 spiro atoms. The maximum atomic E-state index is 10.3.